The number of nitrogens with one attached hydrogen (secondary N) is 1. The number of carbonyl (C=O) groups is 1. The summed E-state index contributed by atoms with van der Waals surface area (Å²) in [6.45, 7) is 0.231. The summed E-state index contributed by atoms with van der Waals surface area (Å²) in [6, 6.07) is 9.81. The van der Waals surface area contributed by atoms with Gasteiger partial charge in [0, 0.05) is 25.3 Å². The van der Waals surface area contributed by atoms with E-state index in [1.165, 1.54) is 14.2 Å². The SMILES string of the molecule is COC(CN1C(=O)c2[nH]nc(-c3ccc(O)cc3)c2C1c1ccco1)OC. The number of amides is 1. The molecule has 2 N–H and O–H groups in total. The van der Waals surface area contributed by atoms with Crippen molar-refractivity contribution in [2.75, 3.05) is 20.8 Å². The number of furan rings is 1. The lowest BCUT2D eigenvalue weighted by Crippen LogP contribution is -2.37. The topological polar surface area (TPSA) is 101 Å². The molecule has 0 saturated carbocycles. The van der Waals surface area contributed by atoms with Crippen LogP contribution in [0.4, 0.5) is 0 Å². The second-order valence-electron chi connectivity index (χ2n) is 6.18. The summed E-state index contributed by atoms with van der Waals surface area (Å²) in [7, 11) is 3.05. The third-order valence-corrected chi connectivity index (χ3v) is 4.69. The second-order valence-corrected chi connectivity index (χ2v) is 6.18. The number of rotatable bonds is 6. The number of ether oxygens (including phenoxy) is 2. The Morgan fingerprint density at radius 3 is 2.63 bits per heavy atom. The quantitative estimate of drug-likeness (QED) is 0.648. The lowest BCUT2D eigenvalue weighted by atomic mass is 10.00. The molecule has 0 spiro atoms. The van der Waals surface area contributed by atoms with Gasteiger partial charge in [0.1, 0.15) is 23.2 Å². The van der Waals surface area contributed by atoms with Crippen molar-refractivity contribution in [2.24, 2.45) is 0 Å². The Bertz CT molecular complexity index is 929. The van der Waals surface area contributed by atoms with Gasteiger partial charge in [0.25, 0.3) is 5.91 Å². The van der Waals surface area contributed by atoms with Crippen molar-refractivity contribution in [1.82, 2.24) is 15.1 Å². The van der Waals surface area contributed by atoms with E-state index in [9.17, 15) is 9.90 Å². The average Bonchev–Trinajstić information content (AvgIpc) is 3.39. The van der Waals surface area contributed by atoms with Crippen LogP contribution in [0, 0.1) is 0 Å². The molecule has 0 bridgehead atoms. The highest BCUT2D eigenvalue weighted by Gasteiger charge is 2.44. The van der Waals surface area contributed by atoms with E-state index in [-0.39, 0.29) is 18.2 Å². The van der Waals surface area contributed by atoms with E-state index >= 15 is 0 Å². The van der Waals surface area contributed by atoms with E-state index in [0.29, 0.717) is 17.1 Å². The summed E-state index contributed by atoms with van der Waals surface area (Å²) in [4.78, 5) is 14.7. The molecule has 8 nitrogen and oxygen atoms in total. The summed E-state index contributed by atoms with van der Waals surface area (Å²) in [5, 5.41) is 16.8. The van der Waals surface area contributed by atoms with Crippen molar-refractivity contribution in [3.63, 3.8) is 0 Å². The first kappa shape index (κ1) is 17.3. The number of carbonyl (C=O) groups excluding carboxylic acids is 1. The molecule has 1 aliphatic rings. The van der Waals surface area contributed by atoms with Crippen LogP contribution in [0.25, 0.3) is 11.3 Å². The lowest BCUT2D eigenvalue weighted by Gasteiger charge is -2.27. The minimum Gasteiger partial charge on any atom is -0.508 e. The first-order valence-corrected chi connectivity index (χ1v) is 8.41. The van der Waals surface area contributed by atoms with E-state index < -0.39 is 12.3 Å². The van der Waals surface area contributed by atoms with Gasteiger partial charge >= 0.3 is 0 Å². The highest BCUT2D eigenvalue weighted by molar-refractivity contribution is 6.00. The number of aromatic hydroxyl groups is 1. The van der Waals surface area contributed by atoms with Crippen molar-refractivity contribution in [3.8, 4) is 17.0 Å². The molecule has 0 radical (unpaired) electrons. The number of fused-ring (bicyclic) bond motifs is 1. The molecule has 1 aliphatic heterocycles. The molecular formula is C19H19N3O5. The van der Waals surface area contributed by atoms with Gasteiger partial charge < -0.3 is 23.9 Å². The summed E-state index contributed by atoms with van der Waals surface area (Å²) < 4.78 is 16.2. The zero-order valence-corrected chi connectivity index (χ0v) is 14.9. The van der Waals surface area contributed by atoms with Crippen LogP contribution >= 0.6 is 0 Å². The molecule has 2 aromatic heterocycles. The second kappa shape index (κ2) is 6.90. The van der Waals surface area contributed by atoms with Crippen LogP contribution in [0.5, 0.6) is 5.75 Å². The smallest absolute Gasteiger partial charge is 0.273 e. The molecule has 0 saturated heterocycles. The normalized spacial score (nSPS) is 16.3. The minimum absolute atomic E-state index is 0.161. The van der Waals surface area contributed by atoms with Crippen molar-refractivity contribution in [1.29, 1.82) is 0 Å². The van der Waals surface area contributed by atoms with E-state index in [2.05, 4.69) is 10.2 Å². The van der Waals surface area contributed by atoms with Crippen LogP contribution in [0.1, 0.15) is 27.9 Å². The molecule has 1 aromatic carbocycles. The van der Waals surface area contributed by atoms with E-state index in [4.69, 9.17) is 13.9 Å². The number of aromatic amines is 1. The highest BCUT2D eigenvalue weighted by Crippen LogP contribution is 2.43. The molecular weight excluding hydrogens is 350 g/mol. The van der Waals surface area contributed by atoms with Crippen molar-refractivity contribution in [3.05, 3.63) is 59.7 Å². The Balaban J connectivity index is 1.81. The van der Waals surface area contributed by atoms with Gasteiger partial charge in [-0.1, -0.05) is 0 Å². The van der Waals surface area contributed by atoms with E-state index in [0.717, 1.165) is 11.1 Å². The molecule has 27 heavy (non-hydrogen) atoms. The van der Waals surface area contributed by atoms with Gasteiger partial charge in [-0.05, 0) is 36.4 Å². The van der Waals surface area contributed by atoms with Crippen LogP contribution in [-0.2, 0) is 9.47 Å². The third kappa shape index (κ3) is 2.88. The summed E-state index contributed by atoms with van der Waals surface area (Å²) >= 11 is 0. The van der Waals surface area contributed by atoms with Crippen molar-refractivity contribution < 1.29 is 23.8 Å². The van der Waals surface area contributed by atoms with E-state index in [1.54, 1.807) is 41.5 Å². The molecule has 4 rings (SSSR count). The minimum atomic E-state index is -0.569. The highest BCUT2D eigenvalue weighted by atomic mass is 16.7. The van der Waals surface area contributed by atoms with Gasteiger partial charge in [-0.15, -0.1) is 0 Å². The van der Waals surface area contributed by atoms with Gasteiger partial charge in [-0.2, -0.15) is 5.10 Å². The number of phenols is 1. The van der Waals surface area contributed by atoms with Crippen molar-refractivity contribution in [2.45, 2.75) is 12.3 Å². The molecule has 3 heterocycles. The van der Waals surface area contributed by atoms with Crippen LogP contribution in [0.3, 0.4) is 0 Å². The Hall–Kier alpha value is -3.10. The van der Waals surface area contributed by atoms with Crippen molar-refractivity contribution >= 4 is 5.91 Å². The number of H-pyrrole nitrogens is 1. The monoisotopic (exact) mass is 369 g/mol. The van der Waals surface area contributed by atoms with Gasteiger partial charge in [0.05, 0.1) is 18.5 Å². The van der Waals surface area contributed by atoms with E-state index in [1.807, 2.05) is 6.07 Å². The van der Waals surface area contributed by atoms with Gasteiger partial charge in [0.2, 0.25) is 0 Å². The molecule has 0 aliphatic carbocycles. The van der Waals surface area contributed by atoms with Crippen LogP contribution in [-0.4, -0.2) is 53.2 Å². The maximum absolute atomic E-state index is 13.0. The number of hydrogen-bond acceptors (Lipinski definition) is 6. The number of phenolic OH excluding ortho intramolecular Hbond substituents is 1. The van der Waals surface area contributed by atoms with Crippen LogP contribution in [0.2, 0.25) is 0 Å². The Morgan fingerprint density at radius 1 is 1.26 bits per heavy atom. The van der Waals surface area contributed by atoms with Gasteiger partial charge in [0.15, 0.2) is 6.29 Å². The van der Waals surface area contributed by atoms with Crippen LogP contribution < -0.4 is 0 Å². The predicted octanol–water partition coefficient (Wildman–Crippen LogP) is 2.54. The zero-order chi connectivity index (χ0) is 19.0. The maximum atomic E-state index is 13.0. The van der Waals surface area contributed by atoms with Gasteiger partial charge in [-0.25, -0.2) is 0 Å². The standard InChI is InChI=1S/C19H19N3O5/c1-25-14(26-2)10-22-18(13-4-3-9-27-13)15-16(20-21-17(15)19(22)24)11-5-7-12(23)8-6-11/h3-9,14,18,23H,10H2,1-2H3,(H,20,21). The molecule has 1 atom stereocenters. The summed E-state index contributed by atoms with van der Waals surface area (Å²) in [6.07, 6.45) is 1.00. The Kier molecular flexibility index (Phi) is 4.43. The molecule has 140 valence electrons. The molecule has 8 heteroatoms. The Labute approximate surface area is 155 Å². The average molecular weight is 369 g/mol. The summed E-state index contributed by atoms with van der Waals surface area (Å²) in [5.74, 6) is 0.576. The fourth-order valence-corrected chi connectivity index (χ4v) is 3.37. The number of methoxy groups -OCH3 is 2. The predicted molar refractivity (Wildman–Crippen MR) is 95.1 cm³/mol. The molecule has 0 fully saturated rings. The largest absolute Gasteiger partial charge is 0.508 e. The van der Waals surface area contributed by atoms with Crippen LogP contribution in [0.15, 0.2) is 47.1 Å². The molecule has 3 aromatic rings. The first-order valence-electron chi connectivity index (χ1n) is 8.41. The summed E-state index contributed by atoms with van der Waals surface area (Å²) in [5.41, 5.74) is 2.55. The Morgan fingerprint density at radius 2 is 2.00 bits per heavy atom. The van der Waals surface area contributed by atoms with Gasteiger partial charge in [-0.3, -0.25) is 9.89 Å². The molecule has 1 amide bonds. The first-order chi connectivity index (χ1) is 13.1. The fraction of sp³-hybridized carbons (Fsp3) is 0.263. The number of hydrogen-bond donors (Lipinski definition) is 2. The number of benzene rings is 1. The third-order valence-electron chi connectivity index (χ3n) is 4.69. The fourth-order valence-electron chi connectivity index (χ4n) is 3.37. The maximum Gasteiger partial charge on any atom is 0.273 e. The lowest BCUT2D eigenvalue weighted by molar-refractivity contribution is -0.114. The number of nitrogens with zero attached hydrogens (tertiary/aromatic N) is 2. The zero-order valence-electron chi connectivity index (χ0n) is 14.9. The molecule has 1 unspecified atom stereocenters. The number of aromatic nitrogens is 2.